The summed E-state index contributed by atoms with van der Waals surface area (Å²) in [5.41, 5.74) is 0.939. The lowest BCUT2D eigenvalue weighted by molar-refractivity contribution is -0.125. The molecule has 1 aliphatic rings. The molecule has 25 heavy (non-hydrogen) atoms. The number of hydrogen-bond acceptors (Lipinski definition) is 5. The number of likely N-dealkylation sites (tertiary alicyclic amines) is 1. The third-order valence-electron chi connectivity index (χ3n) is 3.82. The first-order valence-corrected chi connectivity index (χ1v) is 8.14. The minimum Gasteiger partial charge on any atom is -0.470 e. The molecule has 3 rings (SSSR count). The Balaban J connectivity index is 1.60. The Morgan fingerprint density at radius 1 is 1.36 bits per heavy atom. The smallest absolute Gasteiger partial charge is 0.251 e. The van der Waals surface area contributed by atoms with Crippen LogP contribution in [0, 0.1) is 11.3 Å². The van der Waals surface area contributed by atoms with Gasteiger partial charge in [0.1, 0.15) is 12.2 Å². The van der Waals surface area contributed by atoms with Crippen molar-refractivity contribution in [3.8, 4) is 11.9 Å². The SMILES string of the molecule is N#Cc1nccnc1O[C@H]1CCN(C(=O)/C=C/c2ccccc2Cl)C1. The molecule has 1 fully saturated rings. The molecule has 2 heterocycles. The highest BCUT2D eigenvalue weighted by Crippen LogP contribution is 2.20. The summed E-state index contributed by atoms with van der Waals surface area (Å²) in [7, 11) is 0. The molecule has 126 valence electrons. The minimum absolute atomic E-state index is 0.106. The van der Waals surface area contributed by atoms with Crippen molar-refractivity contribution < 1.29 is 9.53 Å². The second-order valence-corrected chi connectivity index (χ2v) is 5.90. The number of benzene rings is 1. The highest BCUT2D eigenvalue weighted by Gasteiger charge is 2.27. The number of hydrogen-bond donors (Lipinski definition) is 0. The molecule has 1 aliphatic heterocycles. The molecule has 0 N–H and O–H groups in total. The predicted octanol–water partition coefficient (Wildman–Crippen LogP) is 2.69. The van der Waals surface area contributed by atoms with Gasteiger partial charge in [-0.25, -0.2) is 9.97 Å². The van der Waals surface area contributed by atoms with Crippen LogP contribution >= 0.6 is 11.6 Å². The van der Waals surface area contributed by atoms with Gasteiger partial charge < -0.3 is 9.64 Å². The van der Waals surface area contributed by atoms with E-state index in [1.165, 1.54) is 18.5 Å². The lowest BCUT2D eigenvalue weighted by Crippen LogP contribution is -2.29. The molecule has 1 amide bonds. The number of halogens is 1. The van der Waals surface area contributed by atoms with Crippen molar-refractivity contribution in [1.82, 2.24) is 14.9 Å². The molecule has 0 saturated carbocycles. The van der Waals surface area contributed by atoms with Crippen molar-refractivity contribution in [2.75, 3.05) is 13.1 Å². The Hall–Kier alpha value is -2.91. The molecule has 0 spiro atoms. The summed E-state index contributed by atoms with van der Waals surface area (Å²) in [6.07, 6.45) is 6.59. The van der Waals surface area contributed by atoms with E-state index in [1.807, 2.05) is 24.3 Å². The first-order chi connectivity index (χ1) is 12.2. The van der Waals surface area contributed by atoms with Gasteiger partial charge in [0.2, 0.25) is 11.6 Å². The van der Waals surface area contributed by atoms with Crippen LogP contribution in [0.4, 0.5) is 0 Å². The summed E-state index contributed by atoms with van der Waals surface area (Å²) in [4.78, 5) is 21.9. The highest BCUT2D eigenvalue weighted by atomic mass is 35.5. The van der Waals surface area contributed by atoms with E-state index in [1.54, 1.807) is 17.0 Å². The number of rotatable bonds is 4. The molecule has 0 unspecified atom stereocenters. The Bertz CT molecular complexity index is 847. The fourth-order valence-electron chi connectivity index (χ4n) is 2.55. The molecule has 2 aromatic rings. The van der Waals surface area contributed by atoms with Crippen LogP contribution in [0.25, 0.3) is 6.08 Å². The second kappa shape index (κ2) is 7.77. The van der Waals surface area contributed by atoms with Crippen LogP contribution in [0.1, 0.15) is 17.7 Å². The van der Waals surface area contributed by atoms with Gasteiger partial charge in [-0.1, -0.05) is 29.8 Å². The molecule has 0 bridgehead atoms. The standard InChI is InChI=1S/C18H15ClN4O2/c19-15-4-2-1-3-13(15)5-6-17(24)23-10-7-14(12-23)25-18-16(11-20)21-8-9-22-18/h1-6,8-9,14H,7,10,12H2/b6-5+/t14-/m0/s1. The van der Waals surface area contributed by atoms with E-state index in [2.05, 4.69) is 9.97 Å². The van der Waals surface area contributed by atoms with E-state index in [0.29, 0.717) is 24.5 Å². The van der Waals surface area contributed by atoms with E-state index in [-0.39, 0.29) is 23.6 Å². The van der Waals surface area contributed by atoms with Crippen molar-refractivity contribution in [3.63, 3.8) is 0 Å². The number of amides is 1. The third kappa shape index (κ3) is 4.14. The van der Waals surface area contributed by atoms with Gasteiger partial charge in [0.25, 0.3) is 5.88 Å². The van der Waals surface area contributed by atoms with Crippen LogP contribution in [0.3, 0.4) is 0 Å². The molecule has 0 aliphatic carbocycles. The van der Waals surface area contributed by atoms with Crippen molar-refractivity contribution in [3.05, 3.63) is 59.0 Å². The largest absolute Gasteiger partial charge is 0.470 e. The maximum absolute atomic E-state index is 12.3. The van der Waals surface area contributed by atoms with Crippen LogP contribution in [0.5, 0.6) is 5.88 Å². The Labute approximate surface area is 150 Å². The van der Waals surface area contributed by atoms with Crippen LogP contribution in [-0.4, -0.2) is 40.0 Å². The first-order valence-electron chi connectivity index (χ1n) is 7.76. The summed E-state index contributed by atoms with van der Waals surface area (Å²) in [5.74, 6) is 0.0987. The van der Waals surface area contributed by atoms with Crippen LogP contribution < -0.4 is 4.74 Å². The average molecular weight is 355 g/mol. The van der Waals surface area contributed by atoms with Gasteiger partial charge >= 0.3 is 0 Å². The number of aromatic nitrogens is 2. The number of carbonyl (C=O) groups excluding carboxylic acids is 1. The number of nitrogens with zero attached hydrogens (tertiary/aromatic N) is 4. The Morgan fingerprint density at radius 3 is 2.96 bits per heavy atom. The second-order valence-electron chi connectivity index (χ2n) is 5.49. The number of carbonyl (C=O) groups is 1. The fraction of sp³-hybridized carbons (Fsp3) is 0.222. The van der Waals surface area contributed by atoms with Gasteiger partial charge in [0.05, 0.1) is 6.54 Å². The zero-order valence-corrected chi connectivity index (χ0v) is 14.1. The zero-order valence-electron chi connectivity index (χ0n) is 13.3. The van der Waals surface area contributed by atoms with Crippen LogP contribution in [-0.2, 0) is 4.79 Å². The quantitative estimate of drug-likeness (QED) is 0.789. The molecular weight excluding hydrogens is 340 g/mol. The summed E-state index contributed by atoms with van der Waals surface area (Å²) >= 11 is 6.07. The van der Waals surface area contributed by atoms with Crippen molar-refractivity contribution >= 4 is 23.6 Å². The minimum atomic E-state index is -0.207. The molecule has 6 nitrogen and oxygen atoms in total. The third-order valence-corrected chi connectivity index (χ3v) is 4.16. The van der Waals surface area contributed by atoms with Gasteiger partial charge in [-0.15, -0.1) is 0 Å². The molecule has 1 aromatic carbocycles. The van der Waals surface area contributed by atoms with Gasteiger partial charge in [-0.2, -0.15) is 5.26 Å². The van der Waals surface area contributed by atoms with Crippen molar-refractivity contribution in [2.24, 2.45) is 0 Å². The summed E-state index contributed by atoms with van der Waals surface area (Å²) in [6, 6.07) is 9.27. The normalized spacial score (nSPS) is 16.8. The molecule has 1 atom stereocenters. The average Bonchev–Trinajstić information content (AvgIpc) is 3.10. The summed E-state index contributed by atoms with van der Waals surface area (Å²) in [6.45, 7) is 1.02. The number of ether oxygens (including phenoxy) is 1. The lowest BCUT2D eigenvalue weighted by Gasteiger charge is -2.15. The van der Waals surface area contributed by atoms with Gasteiger partial charge in [0.15, 0.2) is 0 Å². The Kier molecular flexibility index (Phi) is 5.26. The molecule has 0 radical (unpaired) electrons. The maximum Gasteiger partial charge on any atom is 0.251 e. The molecule has 1 saturated heterocycles. The number of nitriles is 1. The van der Waals surface area contributed by atoms with E-state index in [0.717, 1.165) is 5.56 Å². The fourth-order valence-corrected chi connectivity index (χ4v) is 2.75. The molecule has 7 heteroatoms. The van der Waals surface area contributed by atoms with Gasteiger partial charge in [-0.3, -0.25) is 4.79 Å². The summed E-state index contributed by atoms with van der Waals surface area (Å²) < 4.78 is 5.72. The van der Waals surface area contributed by atoms with E-state index in [9.17, 15) is 4.79 Å². The monoisotopic (exact) mass is 354 g/mol. The molecule has 1 aromatic heterocycles. The lowest BCUT2D eigenvalue weighted by atomic mass is 10.2. The van der Waals surface area contributed by atoms with E-state index in [4.69, 9.17) is 21.6 Å². The van der Waals surface area contributed by atoms with Crippen LogP contribution in [0.15, 0.2) is 42.7 Å². The summed E-state index contributed by atoms with van der Waals surface area (Å²) in [5, 5.41) is 9.61. The zero-order chi connectivity index (χ0) is 17.6. The Morgan fingerprint density at radius 2 is 2.16 bits per heavy atom. The maximum atomic E-state index is 12.3. The van der Waals surface area contributed by atoms with Crippen molar-refractivity contribution in [2.45, 2.75) is 12.5 Å². The highest BCUT2D eigenvalue weighted by molar-refractivity contribution is 6.32. The molecular formula is C18H15ClN4O2. The predicted molar refractivity (Wildman–Crippen MR) is 92.8 cm³/mol. The van der Waals surface area contributed by atoms with Gasteiger partial charge in [0, 0.05) is 36.5 Å². The van der Waals surface area contributed by atoms with Gasteiger partial charge in [-0.05, 0) is 17.7 Å². The topological polar surface area (TPSA) is 79.1 Å². The van der Waals surface area contributed by atoms with E-state index < -0.39 is 0 Å². The van der Waals surface area contributed by atoms with E-state index >= 15 is 0 Å². The van der Waals surface area contributed by atoms with Crippen LogP contribution in [0.2, 0.25) is 5.02 Å². The van der Waals surface area contributed by atoms with Crippen molar-refractivity contribution in [1.29, 1.82) is 5.26 Å². The first kappa shape index (κ1) is 16.9.